The van der Waals surface area contributed by atoms with Gasteiger partial charge in [0.15, 0.2) is 0 Å². The molecule has 1 unspecified atom stereocenters. The maximum atomic E-state index is 9.68. The van der Waals surface area contributed by atoms with E-state index in [4.69, 9.17) is 0 Å². The van der Waals surface area contributed by atoms with Gasteiger partial charge >= 0.3 is 0 Å². The minimum absolute atomic E-state index is 0.0810. The lowest BCUT2D eigenvalue weighted by atomic mass is 9.55. The Morgan fingerprint density at radius 3 is 1.88 bits per heavy atom. The topological polar surface area (TPSA) is 35.8 Å². The summed E-state index contributed by atoms with van der Waals surface area (Å²) in [5.41, 5.74) is 16.4. The smallest absolute Gasteiger partial charge is 0.0991 e. The summed E-state index contributed by atoms with van der Waals surface area (Å²) >= 11 is 0. The van der Waals surface area contributed by atoms with Crippen molar-refractivity contribution >= 4 is 11.3 Å². The predicted molar refractivity (Wildman–Crippen MR) is 195 cm³/mol. The minimum atomic E-state index is -0.439. The molecule has 1 N–H and O–H groups in total. The van der Waals surface area contributed by atoms with E-state index in [0.717, 1.165) is 22.4 Å². The summed E-state index contributed by atoms with van der Waals surface area (Å²) < 4.78 is 0. The fourth-order valence-electron chi connectivity index (χ4n) is 8.62. The van der Waals surface area contributed by atoms with Crippen LogP contribution in [0.5, 0.6) is 0 Å². The molecule has 0 radical (unpaired) electrons. The van der Waals surface area contributed by atoms with Crippen LogP contribution in [0.4, 0.5) is 0 Å². The monoisotopic (exact) mass is 614 g/mol. The molecule has 48 heavy (non-hydrogen) atoms. The zero-order valence-corrected chi connectivity index (χ0v) is 27.0. The molecule has 2 heteroatoms. The molecule has 2 aliphatic carbocycles. The number of allylic oxidation sites excluding steroid dienone is 2. The van der Waals surface area contributed by atoms with Crippen LogP contribution in [-0.4, -0.2) is 0 Å². The number of benzene rings is 6. The molecule has 1 atom stereocenters. The first-order valence-electron chi connectivity index (χ1n) is 16.7. The van der Waals surface area contributed by atoms with Crippen molar-refractivity contribution < 1.29 is 0 Å². The van der Waals surface area contributed by atoms with Crippen molar-refractivity contribution in [3.8, 4) is 17.2 Å². The number of fused-ring (bicyclic) bond motifs is 9. The highest BCUT2D eigenvalue weighted by Gasteiger charge is 2.53. The number of hydrogen-bond acceptors (Lipinski definition) is 2. The summed E-state index contributed by atoms with van der Waals surface area (Å²) in [6.07, 6.45) is 4.52. The van der Waals surface area contributed by atoms with Crippen molar-refractivity contribution in [2.45, 2.75) is 30.7 Å². The lowest BCUT2D eigenvalue weighted by Crippen LogP contribution is -2.40. The van der Waals surface area contributed by atoms with Gasteiger partial charge in [-0.15, -0.1) is 0 Å². The van der Waals surface area contributed by atoms with E-state index in [1.165, 1.54) is 50.1 Å². The van der Waals surface area contributed by atoms with Gasteiger partial charge in [0, 0.05) is 11.1 Å². The predicted octanol–water partition coefficient (Wildman–Crippen LogP) is 10.3. The summed E-state index contributed by atoms with van der Waals surface area (Å²) in [6.45, 7) is 4.74. The average molecular weight is 615 g/mol. The van der Waals surface area contributed by atoms with Gasteiger partial charge in [-0.3, -0.25) is 0 Å². The minimum Gasteiger partial charge on any atom is -0.374 e. The number of nitrogens with one attached hydrogen (secondary N) is 1. The molecule has 3 aliphatic rings. The second kappa shape index (κ2) is 10.6. The SMILES string of the molecule is CC1(C)c2ccccc2C2(c3ccccc3-c3ccc(C4C=C(c5cccc(C#N)c5)C=C(c5ccccc5)N4)cc32)c2ccccc21. The van der Waals surface area contributed by atoms with Crippen molar-refractivity contribution in [1.82, 2.24) is 5.32 Å². The Morgan fingerprint density at radius 2 is 1.17 bits per heavy atom. The zero-order valence-electron chi connectivity index (χ0n) is 27.0. The van der Waals surface area contributed by atoms with E-state index in [0.29, 0.717) is 5.56 Å². The van der Waals surface area contributed by atoms with Crippen molar-refractivity contribution in [3.05, 3.63) is 213 Å². The molecule has 6 aromatic carbocycles. The quantitative estimate of drug-likeness (QED) is 0.215. The summed E-state index contributed by atoms with van der Waals surface area (Å²) in [4.78, 5) is 0. The van der Waals surface area contributed by atoms with E-state index in [-0.39, 0.29) is 11.5 Å². The van der Waals surface area contributed by atoms with Gasteiger partial charge in [0.05, 0.1) is 23.1 Å². The van der Waals surface area contributed by atoms with E-state index in [1.54, 1.807) is 0 Å². The fraction of sp³-hybridized carbons (Fsp3) is 0.109. The average Bonchev–Trinajstić information content (AvgIpc) is 3.44. The van der Waals surface area contributed by atoms with E-state index in [9.17, 15) is 5.26 Å². The third-order valence-corrected chi connectivity index (χ3v) is 10.8. The van der Waals surface area contributed by atoms with Crippen LogP contribution < -0.4 is 5.32 Å². The van der Waals surface area contributed by atoms with E-state index in [2.05, 4.69) is 165 Å². The first-order valence-corrected chi connectivity index (χ1v) is 16.7. The van der Waals surface area contributed by atoms with Crippen LogP contribution in [0.2, 0.25) is 0 Å². The highest BCUT2D eigenvalue weighted by Crippen LogP contribution is 2.62. The van der Waals surface area contributed by atoms with Gasteiger partial charge < -0.3 is 5.32 Å². The van der Waals surface area contributed by atoms with E-state index in [1.807, 2.05) is 18.2 Å². The summed E-state index contributed by atoms with van der Waals surface area (Å²) in [7, 11) is 0. The summed E-state index contributed by atoms with van der Waals surface area (Å²) in [5.74, 6) is 0. The van der Waals surface area contributed by atoms with E-state index >= 15 is 0 Å². The molecule has 0 saturated heterocycles. The molecular formula is C46H34N2. The lowest BCUT2D eigenvalue weighted by Gasteiger charge is -2.46. The van der Waals surface area contributed by atoms with Gasteiger partial charge in [-0.25, -0.2) is 0 Å². The normalized spacial score (nSPS) is 17.5. The van der Waals surface area contributed by atoms with Gasteiger partial charge in [0.25, 0.3) is 0 Å². The Kier molecular flexibility index (Phi) is 6.23. The zero-order chi connectivity index (χ0) is 32.5. The molecule has 228 valence electrons. The van der Waals surface area contributed by atoms with Gasteiger partial charge in [-0.1, -0.05) is 147 Å². The van der Waals surface area contributed by atoms with Crippen molar-refractivity contribution in [3.63, 3.8) is 0 Å². The maximum Gasteiger partial charge on any atom is 0.0991 e. The Balaban J connectivity index is 1.29. The Bertz CT molecular complexity index is 2320. The third kappa shape index (κ3) is 3.98. The Labute approximate surface area is 282 Å². The van der Waals surface area contributed by atoms with Crippen LogP contribution in [0.15, 0.2) is 158 Å². The molecule has 1 aliphatic heterocycles. The molecule has 2 nitrogen and oxygen atoms in total. The maximum absolute atomic E-state index is 9.68. The fourth-order valence-corrected chi connectivity index (χ4v) is 8.62. The molecule has 1 spiro atoms. The largest absolute Gasteiger partial charge is 0.374 e. The number of hydrogen-bond donors (Lipinski definition) is 1. The van der Waals surface area contributed by atoms with Crippen LogP contribution in [0, 0.1) is 11.3 Å². The first-order chi connectivity index (χ1) is 23.5. The number of nitriles is 1. The molecule has 0 saturated carbocycles. The van der Waals surface area contributed by atoms with Crippen molar-refractivity contribution in [1.29, 1.82) is 5.26 Å². The van der Waals surface area contributed by atoms with Gasteiger partial charge in [0.2, 0.25) is 0 Å². The van der Waals surface area contributed by atoms with Crippen LogP contribution in [0.25, 0.3) is 22.4 Å². The summed E-state index contributed by atoms with van der Waals surface area (Å²) in [6, 6.07) is 55.0. The third-order valence-electron chi connectivity index (χ3n) is 10.8. The first kappa shape index (κ1) is 28.3. The van der Waals surface area contributed by atoms with Crippen molar-refractivity contribution in [2.75, 3.05) is 0 Å². The Hall–Kier alpha value is -5.91. The van der Waals surface area contributed by atoms with Crippen LogP contribution in [0.1, 0.15) is 75.5 Å². The highest BCUT2D eigenvalue weighted by atomic mass is 14.9. The number of nitrogens with zero attached hydrogens (tertiary/aromatic N) is 1. The van der Waals surface area contributed by atoms with Crippen LogP contribution in [-0.2, 0) is 10.8 Å². The van der Waals surface area contributed by atoms with Crippen LogP contribution >= 0.6 is 0 Å². The number of dihydropyridines is 1. The lowest BCUT2D eigenvalue weighted by molar-refractivity contribution is 0.563. The number of rotatable bonds is 3. The molecule has 6 aromatic rings. The molecule has 0 aromatic heterocycles. The highest BCUT2D eigenvalue weighted by molar-refractivity contribution is 5.90. The van der Waals surface area contributed by atoms with Crippen molar-refractivity contribution in [2.24, 2.45) is 0 Å². The second-order valence-corrected chi connectivity index (χ2v) is 13.7. The van der Waals surface area contributed by atoms with Gasteiger partial charge in [-0.05, 0) is 91.1 Å². The second-order valence-electron chi connectivity index (χ2n) is 13.7. The molecule has 0 fully saturated rings. The molecule has 1 heterocycles. The van der Waals surface area contributed by atoms with Gasteiger partial charge in [-0.2, -0.15) is 5.26 Å². The Morgan fingerprint density at radius 1 is 0.562 bits per heavy atom. The molecule has 0 amide bonds. The standard InChI is InChI=1S/C46H34N2/c1-45(2)38-19-8-10-21-40(38)46(41-22-11-9-20-39(41)45)37-18-7-6-17-35(37)36-24-23-33(26-42(36)46)44-28-34(32-16-12-13-30(25-32)29-47)27-43(48-44)31-14-4-3-5-15-31/h3-28,44,48H,1-2H3. The summed E-state index contributed by atoms with van der Waals surface area (Å²) in [5, 5.41) is 13.6. The van der Waals surface area contributed by atoms with Crippen LogP contribution in [0.3, 0.4) is 0 Å². The molecular weight excluding hydrogens is 581 g/mol. The van der Waals surface area contributed by atoms with E-state index < -0.39 is 5.41 Å². The molecule has 0 bridgehead atoms. The van der Waals surface area contributed by atoms with Gasteiger partial charge in [0.1, 0.15) is 0 Å². The molecule has 9 rings (SSSR count).